The van der Waals surface area contributed by atoms with Gasteiger partial charge < -0.3 is 5.73 Å². The van der Waals surface area contributed by atoms with Crippen LogP contribution < -0.4 is 22.8 Å². The average molecular weight is 272 g/mol. The molecule has 0 amide bonds. The predicted molar refractivity (Wildman–Crippen MR) is 73.7 cm³/mol. The summed E-state index contributed by atoms with van der Waals surface area (Å²) in [5.41, 5.74) is 2.72. The maximum absolute atomic E-state index is 12.0. The number of aromatic nitrogens is 3. The predicted octanol–water partition coefficient (Wildman–Crippen LogP) is -2.60. The highest BCUT2D eigenvalue weighted by Crippen LogP contribution is 1.76. The second-order valence-corrected chi connectivity index (χ2v) is 3.57. The van der Waals surface area contributed by atoms with E-state index in [1.165, 1.54) is 0 Å². The lowest BCUT2D eigenvalue weighted by Crippen LogP contribution is -2.54. The van der Waals surface area contributed by atoms with E-state index in [9.17, 15) is 14.4 Å². The molecule has 0 aliphatic rings. The zero-order chi connectivity index (χ0) is 15.1. The second kappa shape index (κ2) is 6.84. The first-order valence-electron chi connectivity index (χ1n) is 5.55. The molecule has 1 heterocycles. The topological polar surface area (TPSA) is 92.0 Å². The number of rotatable bonds is 3. The molecule has 1 aromatic rings. The van der Waals surface area contributed by atoms with Crippen molar-refractivity contribution in [2.45, 2.75) is 19.6 Å². The van der Waals surface area contributed by atoms with E-state index in [2.05, 4.69) is 23.7 Å². The van der Waals surface area contributed by atoms with Gasteiger partial charge >= 0.3 is 17.1 Å². The Balaban J connectivity index is 3.64. The van der Waals surface area contributed by atoms with Crippen LogP contribution in [0.2, 0.25) is 0 Å². The first-order chi connectivity index (χ1) is 9.58. The average Bonchev–Trinajstić information content (AvgIpc) is 2.43. The molecule has 0 unspecified atom stereocenters. The van der Waals surface area contributed by atoms with Crippen molar-refractivity contribution < 1.29 is 0 Å². The monoisotopic (exact) mass is 272 g/mol. The fraction of sp³-hybridized carbons (Fsp3) is 0.308. The van der Waals surface area contributed by atoms with Crippen molar-refractivity contribution in [1.82, 2.24) is 13.7 Å². The van der Waals surface area contributed by atoms with Crippen LogP contribution >= 0.6 is 0 Å². The van der Waals surface area contributed by atoms with Crippen LogP contribution in [-0.4, -0.2) is 20.2 Å². The van der Waals surface area contributed by atoms with Crippen LogP contribution in [0.1, 0.15) is 0 Å². The summed E-state index contributed by atoms with van der Waals surface area (Å²) in [6.45, 7) is -0.610. The number of hydrogen-bond donors (Lipinski definition) is 1. The molecule has 0 fully saturated rings. The van der Waals surface area contributed by atoms with E-state index in [-0.39, 0.29) is 26.2 Å². The summed E-state index contributed by atoms with van der Waals surface area (Å²) < 4.78 is 2.30. The molecule has 0 saturated heterocycles. The third kappa shape index (κ3) is 2.89. The van der Waals surface area contributed by atoms with Crippen molar-refractivity contribution in [3.8, 4) is 36.5 Å². The van der Waals surface area contributed by atoms with Crippen molar-refractivity contribution >= 4 is 0 Å². The first-order valence-corrected chi connectivity index (χ1v) is 5.55. The molecule has 0 spiro atoms. The van der Waals surface area contributed by atoms with Crippen LogP contribution in [0.25, 0.3) is 0 Å². The van der Waals surface area contributed by atoms with Crippen LogP contribution in [-0.2, 0) is 19.6 Å². The Morgan fingerprint density at radius 2 is 1.20 bits per heavy atom. The molecule has 7 heteroatoms. The van der Waals surface area contributed by atoms with Crippen LogP contribution in [0.15, 0.2) is 14.4 Å². The molecule has 102 valence electrons. The molecule has 1 rings (SSSR count). The van der Waals surface area contributed by atoms with Crippen LogP contribution in [0.5, 0.6) is 0 Å². The Bertz CT molecular complexity index is 761. The van der Waals surface area contributed by atoms with Gasteiger partial charge in [-0.2, -0.15) is 0 Å². The summed E-state index contributed by atoms with van der Waals surface area (Å²) >= 11 is 0. The second-order valence-electron chi connectivity index (χ2n) is 3.57. The molecule has 0 bridgehead atoms. The summed E-state index contributed by atoms with van der Waals surface area (Å²) in [7, 11) is 0. The Labute approximate surface area is 114 Å². The lowest BCUT2D eigenvalue weighted by atomic mass is 10.5. The van der Waals surface area contributed by atoms with Gasteiger partial charge in [0.1, 0.15) is 0 Å². The summed E-state index contributed by atoms with van der Waals surface area (Å²) in [6, 6.07) is 0. The largest absolute Gasteiger partial charge is 0.338 e. The van der Waals surface area contributed by atoms with Crippen molar-refractivity contribution in [1.29, 1.82) is 0 Å². The van der Waals surface area contributed by atoms with E-state index in [4.69, 9.17) is 18.6 Å². The van der Waals surface area contributed by atoms with Gasteiger partial charge in [0.05, 0.1) is 26.2 Å². The molecule has 0 aliphatic heterocycles. The van der Waals surface area contributed by atoms with E-state index < -0.39 is 17.1 Å². The van der Waals surface area contributed by atoms with Gasteiger partial charge in [0.25, 0.3) is 0 Å². The summed E-state index contributed by atoms with van der Waals surface area (Å²) in [5, 5.41) is 0. The fourth-order valence-electron chi connectivity index (χ4n) is 1.48. The zero-order valence-electron chi connectivity index (χ0n) is 10.6. The Hall–Kier alpha value is -2.95. The fourth-order valence-corrected chi connectivity index (χ4v) is 1.48. The lowest BCUT2D eigenvalue weighted by molar-refractivity contribution is 0.511. The van der Waals surface area contributed by atoms with E-state index in [1.807, 2.05) is 0 Å². The SMILES string of the molecule is C#CCn1c(=O)n(CC#C)c(=O)n(CC#CCN)c1=O. The molecule has 2 N–H and O–H groups in total. The van der Waals surface area contributed by atoms with E-state index in [0.717, 1.165) is 13.7 Å². The van der Waals surface area contributed by atoms with Gasteiger partial charge in [0.15, 0.2) is 0 Å². The molecule has 0 radical (unpaired) electrons. The first kappa shape index (κ1) is 15.1. The van der Waals surface area contributed by atoms with Gasteiger partial charge in [-0.15, -0.1) is 12.8 Å². The quantitative estimate of drug-likeness (QED) is 0.611. The van der Waals surface area contributed by atoms with Crippen LogP contribution in [0, 0.1) is 36.5 Å². The summed E-state index contributed by atoms with van der Waals surface area (Å²) in [5.74, 6) is 9.42. The Morgan fingerprint density at radius 1 is 0.800 bits per heavy atom. The van der Waals surface area contributed by atoms with Crippen molar-refractivity contribution in [3.63, 3.8) is 0 Å². The van der Waals surface area contributed by atoms with E-state index in [1.54, 1.807) is 0 Å². The molecule has 0 aromatic carbocycles. The molecule has 1 aromatic heterocycles. The highest BCUT2D eigenvalue weighted by Gasteiger charge is 2.13. The normalized spacial score (nSPS) is 9.15. The molecular formula is C13H12N4O3. The van der Waals surface area contributed by atoms with Crippen LogP contribution in [0.4, 0.5) is 0 Å². The Morgan fingerprint density at radius 3 is 1.55 bits per heavy atom. The maximum Gasteiger partial charge on any atom is 0.338 e. The van der Waals surface area contributed by atoms with Crippen LogP contribution in [0.3, 0.4) is 0 Å². The van der Waals surface area contributed by atoms with Gasteiger partial charge in [0, 0.05) is 0 Å². The molecule has 0 aliphatic carbocycles. The molecule has 7 nitrogen and oxygen atoms in total. The van der Waals surface area contributed by atoms with Gasteiger partial charge in [-0.05, 0) is 0 Å². The number of nitrogens with zero attached hydrogens (tertiary/aromatic N) is 3. The van der Waals surface area contributed by atoms with Crippen molar-refractivity contribution in [3.05, 3.63) is 31.5 Å². The standard InChI is InChI=1S/C13H12N4O3/c1-3-8-15-11(18)16(9-4-2)13(20)17(12(15)19)10-6-5-7-14/h1-2H,7-10,14H2. The van der Waals surface area contributed by atoms with Gasteiger partial charge in [0.2, 0.25) is 0 Å². The smallest absolute Gasteiger partial charge is 0.320 e. The lowest BCUT2D eigenvalue weighted by Gasteiger charge is -2.09. The molecule has 20 heavy (non-hydrogen) atoms. The minimum absolute atomic E-state index is 0.0945. The minimum Gasteiger partial charge on any atom is -0.320 e. The number of hydrogen-bond acceptors (Lipinski definition) is 4. The highest BCUT2D eigenvalue weighted by atomic mass is 16.2. The van der Waals surface area contributed by atoms with Gasteiger partial charge in [-0.1, -0.05) is 23.7 Å². The number of terminal acetylenes is 2. The number of nitrogens with two attached hydrogens (primary N) is 1. The maximum atomic E-state index is 12.0. The molecule has 0 saturated carbocycles. The van der Waals surface area contributed by atoms with Gasteiger partial charge in [-0.3, -0.25) is 0 Å². The summed E-state index contributed by atoms with van der Waals surface area (Å²) in [4.78, 5) is 36.0. The minimum atomic E-state index is -0.834. The molecule has 0 atom stereocenters. The Kier molecular flexibility index (Phi) is 5.17. The summed E-state index contributed by atoms with van der Waals surface area (Å²) in [6.07, 6.45) is 10.2. The van der Waals surface area contributed by atoms with Crippen molar-refractivity contribution in [2.75, 3.05) is 6.54 Å². The van der Waals surface area contributed by atoms with E-state index >= 15 is 0 Å². The highest BCUT2D eigenvalue weighted by molar-refractivity contribution is 5.01. The van der Waals surface area contributed by atoms with E-state index in [0.29, 0.717) is 0 Å². The third-order valence-corrected chi connectivity index (χ3v) is 2.35. The molecular weight excluding hydrogens is 260 g/mol. The third-order valence-electron chi connectivity index (χ3n) is 2.35. The zero-order valence-corrected chi connectivity index (χ0v) is 10.6. The van der Waals surface area contributed by atoms with Gasteiger partial charge in [-0.25, -0.2) is 28.1 Å². The van der Waals surface area contributed by atoms with Crippen molar-refractivity contribution in [2.24, 2.45) is 5.73 Å².